The molecule has 90 valence electrons. The Morgan fingerprint density at radius 3 is 2.44 bits per heavy atom. The standard InChI is InChI=1S/C8H12O3.C3H4O2/c1-6(2)8(9)10-4-3-7-5-11-7;1-2-3(4)5/h7H,1,3-5H2,2H3;2H,1H2,(H,4,5). The molecular weight excluding hydrogens is 212 g/mol. The van der Waals surface area contributed by atoms with Gasteiger partial charge in [-0.2, -0.15) is 0 Å². The number of carbonyl (C=O) groups is 2. The van der Waals surface area contributed by atoms with Crippen LogP contribution in [0.25, 0.3) is 0 Å². The molecular formula is C11H16O5. The highest BCUT2D eigenvalue weighted by Crippen LogP contribution is 2.12. The molecule has 1 aliphatic heterocycles. The lowest BCUT2D eigenvalue weighted by Crippen LogP contribution is -2.07. The minimum atomic E-state index is -0.981. The van der Waals surface area contributed by atoms with Crippen molar-refractivity contribution in [3.63, 3.8) is 0 Å². The van der Waals surface area contributed by atoms with Crippen LogP contribution in [0.4, 0.5) is 0 Å². The van der Waals surface area contributed by atoms with Crippen LogP contribution in [-0.4, -0.2) is 36.4 Å². The highest BCUT2D eigenvalue weighted by atomic mass is 16.6. The largest absolute Gasteiger partial charge is 0.478 e. The first kappa shape index (κ1) is 14.4. The maximum atomic E-state index is 10.8. The van der Waals surface area contributed by atoms with E-state index in [9.17, 15) is 9.59 Å². The molecule has 0 saturated carbocycles. The van der Waals surface area contributed by atoms with Crippen molar-refractivity contribution >= 4 is 11.9 Å². The van der Waals surface area contributed by atoms with E-state index in [1.54, 1.807) is 6.92 Å². The molecule has 1 rings (SSSR count). The summed E-state index contributed by atoms with van der Waals surface area (Å²) in [5.74, 6) is -1.30. The summed E-state index contributed by atoms with van der Waals surface area (Å²) in [7, 11) is 0. The molecule has 0 aromatic rings. The number of ether oxygens (including phenoxy) is 2. The second-order valence-corrected chi connectivity index (χ2v) is 3.20. The lowest BCUT2D eigenvalue weighted by atomic mass is 10.3. The van der Waals surface area contributed by atoms with Crippen LogP contribution in [0.3, 0.4) is 0 Å². The Kier molecular flexibility index (Phi) is 6.87. The highest BCUT2D eigenvalue weighted by molar-refractivity contribution is 5.86. The quantitative estimate of drug-likeness (QED) is 0.434. The average Bonchev–Trinajstić information content (AvgIpc) is 3.02. The molecule has 0 spiro atoms. The van der Waals surface area contributed by atoms with Crippen molar-refractivity contribution in [3.8, 4) is 0 Å². The molecule has 1 unspecified atom stereocenters. The van der Waals surface area contributed by atoms with E-state index in [0.717, 1.165) is 19.1 Å². The zero-order valence-corrected chi connectivity index (χ0v) is 9.27. The van der Waals surface area contributed by atoms with Crippen molar-refractivity contribution in [2.75, 3.05) is 13.2 Å². The lowest BCUT2D eigenvalue weighted by Gasteiger charge is -2.01. The van der Waals surface area contributed by atoms with E-state index >= 15 is 0 Å². The first-order valence-corrected chi connectivity index (χ1v) is 4.77. The van der Waals surface area contributed by atoms with Gasteiger partial charge in [0, 0.05) is 18.1 Å². The Morgan fingerprint density at radius 2 is 2.12 bits per heavy atom. The molecule has 1 saturated heterocycles. The molecule has 0 aromatic carbocycles. The Balaban J connectivity index is 0.000000385. The van der Waals surface area contributed by atoms with Crippen LogP contribution in [-0.2, 0) is 19.1 Å². The third-order valence-electron chi connectivity index (χ3n) is 1.60. The molecule has 0 amide bonds. The van der Waals surface area contributed by atoms with Gasteiger partial charge >= 0.3 is 11.9 Å². The lowest BCUT2D eigenvalue weighted by molar-refractivity contribution is -0.139. The van der Waals surface area contributed by atoms with Crippen LogP contribution in [0, 0.1) is 0 Å². The van der Waals surface area contributed by atoms with E-state index in [-0.39, 0.29) is 5.97 Å². The highest BCUT2D eigenvalue weighted by Gasteiger charge is 2.22. The fourth-order valence-electron chi connectivity index (χ4n) is 0.641. The van der Waals surface area contributed by atoms with E-state index in [1.165, 1.54) is 0 Å². The number of carbonyl (C=O) groups excluding carboxylic acids is 1. The number of carboxylic acids is 1. The summed E-state index contributed by atoms with van der Waals surface area (Å²) >= 11 is 0. The Morgan fingerprint density at radius 1 is 1.62 bits per heavy atom. The fourth-order valence-corrected chi connectivity index (χ4v) is 0.641. The number of hydrogen-bond donors (Lipinski definition) is 1. The monoisotopic (exact) mass is 228 g/mol. The van der Waals surface area contributed by atoms with E-state index in [0.29, 0.717) is 18.3 Å². The van der Waals surface area contributed by atoms with Gasteiger partial charge in [0.05, 0.1) is 19.3 Å². The minimum absolute atomic E-state index is 0.314. The predicted molar refractivity (Wildman–Crippen MR) is 58.0 cm³/mol. The molecule has 5 heteroatoms. The molecule has 1 atom stereocenters. The van der Waals surface area contributed by atoms with Crippen LogP contribution in [0.5, 0.6) is 0 Å². The van der Waals surface area contributed by atoms with Crippen LogP contribution >= 0.6 is 0 Å². The van der Waals surface area contributed by atoms with Crippen molar-refractivity contribution in [1.29, 1.82) is 0 Å². The third kappa shape index (κ3) is 8.96. The Hall–Kier alpha value is -1.62. The summed E-state index contributed by atoms with van der Waals surface area (Å²) in [5.41, 5.74) is 0.446. The van der Waals surface area contributed by atoms with E-state index in [2.05, 4.69) is 13.2 Å². The van der Waals surface area contributed by atoms with Crippen LogP contribution in [0.1, 0.15) is 13.3 Å². The van der Waals surface area contributed by atoms with Gasteiger partial charge in [0.25, 0.3) is 0 Å². The van der Waals surface area contributed by atoms with E-state index < -0.39 is 5.97 Å². The molecule has 0 bridgehead atoms. The average molecular weight is 228 g/mol. The van der Waals surface area contributed by atoms with Gasteiger partial charge in [0.2, 0.25) is 0 Å². The molecule has 1 N–H and O–H groups in total. The fraction of sp³-hybridized carbons (Fsp3) is 0.455. The summed E-state index contributed by atoms with van der Waals surface area (Å²) in [4.78, 5) is 20.0. The van der Waals surface area contributed by atoms with Gasteiger partial charge in [-0.05, 0) is 6.92 Å². The third-order valence-corrected chi connectivity index (χ3v) is 1.60. The molecule has 1 fully saturated rings. The normalized spacial score (nSPS) is 16.4. The second-order valence-electron chi connectivity index (χ2n) is 3.20. The van der Waals surface area contributed by atoms with Gasteiger partial charge < -0.3 is 14.6 Å². The van der Waals surface area contributed by atoms with Gasteiger partial charge in [-0.1, -0.05) is 13.2 Å². The van der Waals surface area contributed by atoms with Gasteiger partial charge in [0.1, 0.15) is 0 Å². The van der Waals surface area contributed by atoms with Crippen LogP contribution < -0.4 is 0 Å². The zero-order valence-electron chi connectivity index (χ0n) is 9.27. The maximum Gasteiger partial charge on any atom is 0.333 e. The van der Waals surface area contributed by atoms with Gasteiger partial charge in [-0.25, -0.2) is 9.59 Å². The van der Waals surface area contributed by atoms with Gasteiger partial charge in [-0.3, -0.25) is 0 Å². The molecule has 0 radical (unpaired) electrons. The molecule has 16 heavy (non-hydrogen) atoms. The maximum absolute atomic E-state index is 10.8. The first-order valence-electron chi connectivity index (χ1n) is 4.77. The summed E-state index contributed by atoms with van der Waals surface area (Å²) in [6, 6.07) is 0. The summed E-state index contributed by atoms with van der Waals surface area (Å²) in [6.45, 7) is 9.31. The molecule has 1 aliphatic rings. The van der Waals surface area contributed by atoms with Crippen LogP contribution in [0.15, 0.2) is 24.8 Å². The smallest absolute Gasteiger partial charge is 0.333 e. The number of aliphatic carboxylic acids is 1. The number of rotatable bonds is 5. The Bertz CT molecular complexity index is 278. The topological polar surface area (TPSA) is 76.1 Å². The number of esters is 1. The first-order chi connectivity index (χ1) is 7.47. The van der Waals surface area contributed by atoms with E-state index in [1.807, 2.05) is 0 Å². The van der Waals surface area contributed by atoms with Crippen molar-refractivity contribution in [2.45, 2.75) is 19.4 Å². The number of hydrogen-bond acceptors (Lipinski definition) is 4. The SMILES string of the molecule is C=C(C)C(=O)OCCC1CO1.C=CC(=O)O. The number of carboxylic acid groups (broad SMARTS) is 1. The van der Waals surface area contributed by atoms with Crippen molar-refractivity contribution < 1.29 is 24.2 Å². The van der Waals surface area contributed by atoms with Gasteiger partial charge in [-0.15, -0.1) is 0 Å². The van der Waals surface area contributed by atoms with Gasteiger partial charge in [0.15, 0.2) is 0 Å². The zero-order chi connectivity index (χ0) is 12.6. The van der Waals surface area contributed by atoms with Crippen molar-refractivity contribution in [2.24, 2.45) is 0 Å². The Labute approximate surface area is 94.4 Å². The van der Waals surface area contributed by atoms with Crippen LogP contribution in [0.2, 0.25) is 0 Å². The van der Waals surface area contributed by atoms with Crippen molar-refractivity contribution in [1.82, 2.24) is 0 Å². The molecule has 0 aromatic heterocycles. The summed E-state index contributed by atoms with van der Waals surface area (Å²) < 4.78 is 9.77. The summed E-state index contributed by atoms with van der Waals surface area (Å²) in [5, 5.41) is 7.60. The molecule has 0 aliphatic carbocycles. The summed E-state index contributed by atoms with van der Waals surface area (Å²) in [6.07, 6.45) is 1.96. The number of epoxide rings is 1. The minimum Gasteiger partial charge on any atom is -0.478 e. The van der Waals surface area contributed by atoms with E-state index in [4.69, 9.17) is 14.6 Å². The molecule has 1 heterocycles. The predicted octanol–water partition coefficient (Wildman–Crippen LogP) is 1.15. The molecule has 5 nitrogen and oxygen atoms in total. The second kappa shape index (κ2) is 7.64. The van der Waals surface area contributed by atoms with Crippen molar-refractivity contribution in [3.05, 3.63) is 24.8 Å².